The highest BCUT2D eigenvalue weighted by atomic mass is 16.6. The quantitative estimate of drug-likeness (QED) is 0.151. The molecule has 0 radical (unpaired) electrons. The number of carbonyl (C=O) groups is 3. The number of amides is 3. The van der Waals surface area contributed by atoms with E-state index in [4.69, 9.17) is 14.2 Å². The molecular weight excluding hydrogens is 534 g/mol. The van der Waals surface area contributed by atoms with Crippen LogP contribution in [0.2, 0.25) is 0 Å². The van der Waals surface area contributed by atoms with E-state index in [-0.39, 0.29) is 0 Å². The van der Waals surface area contributed by atoms with Gasteiger partial charge in [0.25, 0.3) is 17.7 Å². The predicted octanol–water partition coefficient (Wildman–Crippen LogP) is -9.10. The molecule has 0 aliphatic carbocycles. The third-order valence-electron chi connectivity index (χ3n) is 7.48. The number of aliphatic hydroxyl groups is 9. The smallest absolute Gasteiger partial charge is 0.251 e. The number of ether oxygens (including phenoxy) is 3. The molecule has 4 aliphatic rings. The number of carbonyl (C=O) groups excluding carboxylic acids is 3. The zero-order valence-corrected chi connectivity index (χ0v) is 20.3. The van der Waals surface area contributed by atoms with Gasteiger partial charge in [-0.3, -0.25) is 14.4 Å². The topological polar surface area (TPSA) is 297 Å². The van der Waals surface area contributed by atoms with Gasteiger partial charge in [-0.15, -0.1) is 0 Å². The van der Waals surface area contributed by atoms with Crippen LogP contribution >= 0.6 is 0 Å². The maximum absolute atomic E-state index is 13.3. The molecule has 4 heterocycles. The normalized spacial score (nSPS) is 49.2. The molecule has 0 aromatic rings. The van der Waals surface area contributed by atoms with E-state index in [0.717, 1.165) is 0 Å². The summed E-state index contributed by atoms with van der Waals surface area (Å²) in [5.41, 5.74) is 0. The largest absolute Gasteiger partial charge is 0.394 e. The van der Waals surface area contributed by atoms with Gasteiger partial charge in [0, 0.05) is 0 Å². The maximum atomic E-state index is 13.3. The first-order chi connectivity index (χ1) is 18.4. The van der Waals surface area contributed by atoms with Gasteiger partial charge in [-0.25, -0.2) is 0 Å². The summed E-state index contributed by atoms with van der Waals surface area (Å²) in [6, 6.07) is -5.16. The van der Waals surface area contributed by atoms with Crippen molar-refractivity contribution < 1.29 is 74.6 Å². The lowest BCUT2D eigenvalue weighted by Crippen LogP contribution is -2.75. The first-order valence-electron chi connectivity index (χ1n) is 12.2. The van der Waals surface area contributed by atoms with Gasteiger partial charge in [-0.2, -0.15) is 0 Å². The second-order valence-corrected chi connectivity index (χ2v) is 9.88. The molecule has 15 atom stereocenters. The van der Waals surface area contributed by atoms with Crippen molar-refractivity contribution in [2.24, 2.45) is 0 Å². The van der Waals surface area contributed by atoms with Crippen LogP contribution in [0.25, 0.3) is 0 Å². The Labute approximate surface area is 220 Å². The van der Waals surface area contributed by atoms with Crippen molar-refractivity contribution in [3.63, 3.8) is 0 Å². The number of fused-ring (bicyclic) bond motifs is 3. The first-order valence-corrected chi connectivity index (χ1v) is 12.2. The molecule has 12 N–H and O–H groups in total. The zero-order chi connectivity index (χ0) is 28.8. The van der Waals surface area contributed by atoms with Crippen molar-refractivity contribution in [2.45, 2.75) is 91.4 Å². The summed E-state index contributed by atoms with van der Waals surface area (Å²) in [6.07, 6.45) is -21.1. The number of aliphatic hydroxyl groups excluding tert-OH is 9. The van der Waals surface area contributed by atoms with Crippen LogP contribution in [0.3, 0.4) is 0 Å². The Morgan fingerprint density at radius 1 is 0.462 bits per heavy atom. The van der Waals surface area contributed by atoms with Gasteiger partial charge in [-0.1, -0.05) is 0 Å². The van der Waals surface area contributed by atoms with Crippen molar-refractivity contribution >= 4 is 17.7 Å². The van der Waals surface area contributed by atoms with Gasteiger partial charge >= 0.3 is 0 Å². The van der Waals surface area contributed by atoms with Crippen LogP contribution in [0.4, 0.5) is 0 Å². The maximum Gasteiger partial charge on any atom is 0.251 e. The minimum absolute atomic E-state index is 0.851. The van der Waals surface area contributed by atoms with Crippen LogP contribution in [0, 0.1) is 0 Å². The molecule has 222 valence electrons. The predicted molar refractivity (Wildman–Crippen MR) is 119 cm³/mol. The molecule has 39 heavy (non-hydrogen) atoms. The lowest BCUT2D eigenvalue weighted by molar-refractivity contribution is -0.217. The van der Waals surface area contributed by atoms with Crippen LogP contribution in [-0.4, -0.2) is 175 Å². The Balaban J connectivity index is 1.78. The van der Waals surface area contributed by atoms with E-state index in [1.165, 1.54) is 0 Å². The highest BCUT2D eigenvalue weighted by Gasteiger charge is 2.55. The summed E-state index contributed by atoms with van der Waals surface area (Å²) >= 11 is 0. The van der Waals surface area contributed by atoms with Gasteiger partial charge in [0.2, 0.25) is 0 Å². The Hall–Kier alpha value is -2.07. The molecule has 0 spiro atoms. The molecular formula is C21H33N3O15. The van der Waals surface area contributed by atoms with E-state index in [0.29, 0.717) is 0 Å². The number of hydrogen-bond acceptors (Lipinski definition) is 15. The molecule has 0 aromatic heterocycles. The van der Waals surface area contributed by atoms with Gasteiger partial charge in [-0.05, 0) is 0 Å². The van der Waals surface area contributed by atoms with Gasteiger partial charge in [0.1, 0.15) is 54.9 Å². The molecule has 0 saturated carbocycles. The lowest BCUT2D eigenvalue weighted by atomic mass is 9.87. The fourth-order valence-electron chi connectivity index (χ4n) is 5.24. The van der Waals surface area contributed by atoms with E-state index >= 15 is 0 Å². The summed E-state index contributed by atoms with van der Waals surface area (Å²) in [4.78, 5) is 39.9. The molecule has 0 aromatic carbocycles. The zero-order valence-electron chi connectivity index (χ0n) is 20.3. The highest BCUT2D eigenvalue weighted by Crippen LogP contribution is 2.28. The standard InChI is InChI=1S/C21H33N3O15/c25-1-4-10(28)13(31)7-16(37-4)19(34)23-8-14(32)11(29)5(2-26)38-17(8)21(36)24-9-15(33)12(30)6(3-27)39-18(9)20(35)22-7/h4-18,25-33H,1-3H2,(H,22,35)(H,23,34)(H,24,36)/t4-,5-,6-,7-,8-,9-,10-,11-,12-,13-,14-,15-,16-,17-,18-/m1/s1. The molecule has 18 nitrogen and oxygen atoms in total. The Kier molecular flexibility index (Phi) is 9.05. The van der Waals surface area contributed by atoms with E-state index in [1.807, 2.05) is 0 Å². The molecule has 18 heteroatoms. The van der Waals surface area contributed by atoms with Crippen LogP contribution in [0.1, 0.15) is 0 Å². The molecule has 4 rings (SSSR count). The van der Waals surface area contributed by atoms with Crippen LogP contribution in [0.5, 0.6) is 0 Å². The average molecular weight is 568 g/mol. The minimum Gasteiger partial charge on any atom is -0.394 e. The van der Waals surface area contributed by atoms with Crippen LogP contribution in [0.15, 0.2) is 0 Å². The monoisotopic (exact) mass is 567 g/mol. The summed E-state index contributed by atoms with van der Waals surface area (Å²) in [7, 11) is 0. The minimum atomic E-state index is -1.91. The number of nitrogens with one attached hydrogen (secondary N) is 3. The second-order valence-electron chi connectivity index (χ2n) is 9.88. The van der Waals surface area contributed by atoms with Crippen molar-refractivity contribution in [1.29, 1.82) is 0 Å². The average Bonchev–Trinajstić information content (AvgIpc) is 2.91. The molecule has 4 aliphatic heterocycles. The van der Waals surface area contributed by atoms with Crippen LogP contribution in [-0.2, 0) is 28.6 Å². The van der Waals surface area contributed by atoms with E-state index in [9.17, 15) is 60.3 Å². The third-order valence-corrected chi connectivity index (χ3v) is 7.48. The number of rotatable bonds is 3. The molecule has 0 unspecified atom stereocenters. The fourth-order valence-corrected chi connectivity index (χ4v) is 5.24. The molecule has 4 saturated heterocycles. The Morgan fingerprint density at radius 3 is 0.897 bits per heavy atom. The van der Waals surface area contributed by atoms with Crippen molar-refractivity contribution in [3.8, 4) is 0 Å². The Bertz CT molecular complexity index is 813. The highest BCUT2D eigenvalue weighted by molar-refractivity contribution is 5.89. The van der Waals surface area contributed by atoms with Crippen LogP contribution < -0.4 is 16.0 Å². The second kappa shape index (κ2) is 11.8. The Morgan fingerprint density at radius 2 is 0.692 bits per heavy atom. The summed E-state index contributed by atoms with van der Waals surface area (Å²) < 4.78 is 16.3. The number of hydrogen-bond donors (Lipinski definition) is 12. The first kappa shape index (κ1) is 29.9. The van der Waals surface area contributed by atoms with Crippen molar-refractivity contribution in [1.82, 2.24) is 16.0 Å². The molecule has 0 bridgehead atoms. The molecule has 3 amide bonds. The van der Waals surface area contributed by atoms with Gasteiger partial charge in [0.05, 0.1) is 37.9 Å². The van der Waals surface area contributed by atoms with Gasteiger partial charge in [0.15, 0.2) is 18.3 Å². The van der Waals surface area contributed by atoms with Crippen molar-refractivity contribution in [2.75, 3.05) is 19.8 Å². The molecule has 4 fully saturated rings. The van der Waals surface area contributed by atoms with Crippen molar-refractivity contribution in [3.05, 3.63) is 0 Å². The van der Waals surface area contributed by atoms with E-state index in [1.54, 1.807) is 0 Å². The third kappa shape index (κ3) is 5.35. The summed E-state index contributed by atoms with van der Waals surface area (Å²) in [6.45, 7) is -2.55. The SMILES string of the molecule is O=C1N[C@@H]2[C@@H](O)[C@H](O)[C@@H](CO)O[C@H]2C(=O)N[C@@H]2[C@@H](O)[C@H](O)[C@@H](CO)O[C@H]2C(=O)N[C@@H]2[C@@H](O)[C@H](O)[C@@H](CO)O[C@@H]12. The van der Waals surface area contributed by atoms with Gasteiger partial charge < -0.3 is 76.1 Å². The summed E-state index contributed by atoms with van der Waals surface area (Å²) in [5, 5.41) is 98.6. The fraction of sp³-hybridized carbons (Fsp3) is 0.857. The summed E-state index contributed by atoms with van der Waals surface area (Å²) in [5.74, 6) is -3.47. The van der Waals surface area contributed by atoms with E-state index in [2.05, 4.69) is 16.0 Å². The van der Waals surface area contributed by atoms with E-state index < -0.39 is 129 Å². The lowest BCUT2D eigenvalue weighted by Gasteiger charge is -2.47.